The molecule has 4 aromatic rings. The first-order chi connectivity index (χ1) is 17.5. The van der Waals surface area contributed by atoms with Crippen LogP contribution in [0.3, 0.4) is 0 Å². The molecule has 36 heavy (non-hydrogen) atoms. The number of anilines is 1. The SMILES string of the molecule is O=C(O)C(=O)O.c1cc(OCCCN2CCN(c3nsc4ccccc34)CC2)nc(-c2ncon2)c1. The molecule has 0 atom stereocenters. The van der Waals surface area contributed by atoms with Crippen LogP contribution in [-0.4, -0.2) is 85.9 Å². The minimum absolute atomic E-state index is 0.464. The first kappa shape index (κ1) is 25.0. The van der Waals surface area contributed by atoms with Gasteiger partial charge in [-0.2, -0.15) is 9.36 Å². The Kier molecular flexibility index (Phi) is 8.36. The van der Waals surface area contributed by atoms with E-state index in [2.05, 4.69) is 53.6 Å². The lowest BCUT2D eigenvalue weighted by atomic mass is 10.2. The summed E-state index contributed by atoms with van der Waals surface area (Å²) in [5.74, 6) is -1.47. The Morgan fingerprint density at radius 3 is 2.53 bits per heavy atom. The lowest BCUT2D eigenvalue weighted by Crippen LogP contribution is -2.47. The van der Waals surface area contributed by atoms with E-state index in [-0.39, 0.29) is 0 Å². The lowest BCUT2D eigenvalue weighted by molar-refractivity contribution is -0.159. The number of carbonyl (C=O) groups is 2. The molecule has 0 bridgehead atoms. The smallest absolute Gasteiger partial charge is 0.414 e. The van der Waals surface area contributed by atoms with Gasteiger partial charge in [-0.1, -0.05) is 23.4 Å². The quantitative estimate of drug-likeness (QED) is 0.276. The summed E-state index contributed by atoms with van der Waals surface area (Å²) in [6, 6.07) is 14.0. The minimum atomic E-state index is -1.82. The van der Waals surface area contributed by atoms with Gasteiger partial charge in [0.1, 0.15) is 11.5 Å². The van der Waals surface area contributed by atoms with Gasteiger partial charge in [0.15, 0.2) is 0 Å². The average molecular weight is 513 g/mol. The van der Waals surface area contributed by atoms with Crippen LogP contribution >= 0.6 is 11.5 Å². The summed E-state index contributed by atoms with van der Waals surface area (Å²) in [7, 11) is 0. The highest BCUT2D eigenvalue weighted by atomic mass is 32.1. The van der Waals surface area contributed by atoms with E-state index >= 15 is 0 Å². The zero-order valence-corrected chi connectivity index (χ0v) is 20.0. The van der Waals surface area contributed by atoms with Gasteiger partial charge in [-0.05, 0) is 36.2 Å². The van der Waals surface area contributed by atoms with Crippen LogP contribution in [0, 0.1) is 0 Å². The molecule has 0 unspecified atom stereocenters. The summed E-state index contributed by atoms with van der Waals surface area (Å²) in [5, 5.41) is 19.9. The molecule has 0 spiro atoms. The number of hydrogen-bond donors (Lipinski definition) is 2. The number of benzene rings is 1. The molecule has 4 heterocycles. The molecule has 188 valence electrons. The molecule has 3 aromatic heterocycles. The number of ether oxygens (including phenoxy) is 1. The van der Waals surface area contributed by atoms with E-state index in [4.69, 9.17) is 29.1 Å². The van der Waals surface area contributed by atoms with Crippen LogP contribution in [0.5, 0.6) is 5.88 Å². The largest absolute Gasteiger partial charge is 0.478 e. The third-order valence-corrected chi connectivity index (χ3v) is 6.21. The number of hydrogen-bond acceptors (Lipinski definition) is 11. The molecule has 5 rings (SSSR count). The minimum Gasteiger partial charge on any atom is -0.478 e. The Hall–Kier alpha value is -4.10. The van der Waals surface area contributed by atoms with Gasteiger partial charge in [-0.3, -0.25) is 4.90 Å². The van der Waals surface area contributed by atoms with Crippen LogP contribution in [0.2, 0.25) is 0 Å². The topological polar surface area (TPSA) is 155 Å². The maximum absolute atomic E-state index is 9.10. The van der Waals surface area contributed by atoms with Crippen molar-refractivity contribution < 1.29 is 29.1 Å². The first-order valence-electron chi connectivity index (χ1n) is 11.2. The normalized spacial score (nSPS) is 13.7. The van der Waals surface area contributed by atoms with Gasteiger partial charge in [-0.25, -0.2) is 14.6 Å². The molecule has 1 fully saturated rings. The van der Waals surface area contributed by atoms with Crippen LogP contribution in [0.15, 0.2) is 53.4 Å². The van der Waals surface area contributed by atoms with Crippen molar-refractivity contribution in [2.75, 3.05) is 44.2 Å². The van der Waals surface area contributed by atoms with Crippen LogP contribution in [0.1, 0.15) is 6.42 Å². The lowest BCUT2D eigenvalue weighted by Gasteiger charge is -2.35. The second kappa shape index (κ2) is 12.0. The Bertz CT molecular complexity index is 1280. The Morgan fingerprint density at radius 2 is 1.81 bits per heavy atom. The number of aromatic nitrogens is 4. The Balaban J connectivity index is 0.000000455. The third-order valence-electron chi connectivity index (χ3n) is 5.40. The molecular formula is C23H24N6O6S. The summed E-state index contributed by atoms with van der Waals surface area (Å²) >= 11 is 1.58. The molecular weight excluding hydrogens is 488 g/mol. The molecule has 1 aliphatic rings. The number of pyridine rings is 1. The van der Waals surface area contributed by atoms with Crippen LogP contribution < -0.4 is 9.64 Å². The molecule has 1 saturated heterocycles. The fraction of sp³-hybridized carbons (Fsp3) is 0.304. The number of nitrogens with zero attached hydrogens (tertiary/aromatic N) is 6. The van der Waals surface area contributed by atoms with E-state index in [1.54, 1.807) is 11.5 Å². The number of carboxylic acids is 2. The molecule has 1 aromatic carbocycles. The fourth-order valence-corrected chi connectivity index (χ4v) is 4.45. The van der Waals surface area contributed by atoms with Gasteiger partial charge in [0.2, 0.25) is 18.1 Å². The zero-order chi connectivity index (χ0) is 25.3. The van der Waals surface area contributed by atoms with Crippen LogP contribution in [0.25, 0.3) is 21.6 Å². The number of piperazine rings is 1. The van der Waals surface area contributed by atoms with Crippen molar-refractivity contribution in [2.24, 2.45) is 0 Å². The number of aliphatic carboxylic acids is 2. The standard InChI is InChI=1S/C21H22N6O2S.C2H2O4/c1-2-7-18-16(5-1)21(25-30-18)27-12-10-26(11-13-27)9-4-14-28-19-8-3-6-17(23-19)20-22-15-29-24-20;3-1(4)2(5)6/h1-3,5-8,15H,4,9-14H2;(H,3,4)(H,5,6). The molecule has 12 nitrogen and oxygen atoms in total. The van der Waals surface area contributed by atoms with Gasteiger partial charge in [0.05, 0.1) is 11.3 Å². The predicted octanol–water partition coefficient (Wildman–Crippen LogP) is 2.49. The van der Waals surface area contributed by atoms with Crippen LogP contribution in [0.4, 0.5) is 5.82 Å². The predicted molar refractivity (Wildman–Crippen MR) is 131 cm³/mol. The van der Waals surface area contributed by atoms with E-state index in [1.165, 1.54) is 16.5 Å². The van der Waals surface area contributed by atoms with Crippen LogP contribution in [-0.2, 0) is 9.59 Å². The fourth-order valence-electron chi connectivity index (χ4n) is 3.65. The van der Waals surface area contributed by atoms with Gasteiger partial charge in [0.25, 0.3) is 0 Å². The van der Waals surface area contributed by atoms with Crippen molar-refractivity contribution in [1.29, 1.82) is 0 Å². The average Bonchev–Trinajstić information content (AvgIpc) is 3.58. The Labute approximate surface area is 209 Å². The molecule has 1 aliphatic heterocycles. The van der Waals surface area contributed by atoms with Crippen molar-refractivity contribution in [2.45, 2.75) is 6.42 Å². The summed E-state index contributed by atoms with van der Waals surface area (Å²) < 4.78 is 16.5. The monoisotopic (exact) mass is 512 g/mol. The molecule has 0 aliphatic carbocycles. The highest BCUT2D eigenvalue weighted by Gasteiger charge is 2.20. The molecule has 0 amide bonds. The third kappa shape index (κ3) is 6.52. The van der Waals surface area contributed by atoms with E-state index < -0.39 is 11.9 Å². The molecule has 2 N–H and O–H groups in total. The maximum Gasteiger partial charge on any atom is 0.414 e. The Morgan fingerprint density at radius 1 is 1.03 bits per heavy atom. The second-order valence-corrected chi connectivity index (χ2v) is 8.56. The summed E-state index contributed by atoms with van der Waals surface area (Å²) in [4.78, 5) is 31.5. The van der Waals surface area contributed by atoms with Gasteiger partial charge in [-0.15, -0.1) is 0 Å². The van der Waals surface area contributed by atoms with Crippen molar-refractivity contribution in [1.82, 2.24) is 24.4 Å². The highest BCUT2D eigenvalue weighted by molar-refractivity contribution is 7.13. The van der Waals surface area contributed by atoms with Crippen molar-refractivity contribution >= 4 is 39.4 Å². The zero-order valence-electron chi connectivity index (χ0n) is 19.2. The molecule has 13 heteroatoms. The van der Waals surface area contributed by atoms with Crippen molar-refractivity contribution in [3.8, 4) is 17.4 Å². The summed E-state index contributed by atoms with van der Waals surface area (Å²) in [6.07, 6.45) is 2.24. The van der Waals surface area contributed by atoms with Crippen molar-refractivity contribution in [3.63, 3.8) is 0 Å². The first-order valence-corrected chi connectivity index (χ1v) is 11.9. The van der Waals surface area contributed by atoms with E-state index in [0.29, 0.717) is 24.0 Å². The summed E-state index contributed by atoms with van der Waals surface area (Å²) in [6.45, 7) is 5.72. The van der Waals surface area contributed by atoms with Gasteiger partial charge in [0, 0.05) is 44.2 Å². The summed E-state index contributed by atoms with van der Waals surface area (Å²) in [5.41, 5.74) is 0.645. The molecule has 0 saturated carbocycles. The second-order valence-electron chi connectivity index (χ2n) is 7.76. The number of carboxylic acid groups (broad SMARTS) is 2. The van der Waals surface area contributed by atoms with Gasteiger partial charge < -0.3 is 24.4 Å². The van der Waals surface area contributed by atoms with E-state index in [0.717, 1.165) is 45.0 Å². The highest BCUT2D eigenvalue weighted by Crippen LogP contribution is 2.29. The van der Waals surface area contributed by atoms with E-state index in [1.807, 2.05) is 18.2 Å². The van der Waals surface area contributed by atoms with E-state index in [9.17, 15) is 0 Å². The molecule has 0 radical (unpaired) electrons. The number of rotatable bonds is 7. The maximum atomic E-state index is 9.10. The van der Waals surface area contributed by atoms with Gasteiger partial charge >= 0.3 is 11.9 Å². The number of fused-ring (bicyclic) bond motifs is 1. The van der Waals surface area contributed by atoms with Crippen molar-refractivity contribution in [3.05, 3.63) is 48.9 Å².